The lowest BCUT2D eigenvalue weighted by Crippen LogP contribution is -2.32. The van der Waals surface area contributed by atoms with Crippen LogP contribution in [0.1, 0.15) is 28.7 Å². The number of carbonyl (C=O) groups is 2. The number of hydrogen-bond donors (Lipinski definition) is 2. The first-order valence-electron chi connectivity index (χ1n) is 8.79. The average molecular weight is 352 g/mol. The first-order valence-corrected chi connectivity index (χ1v) is 8.79. The van der Waals surface area contributed by atoms with E-state index >= 15 is 0 Å². The van der Waals surface area contributed by atoms with Crippen LogP contribution < -0.4 is 15.4 Å². The van der Waals surface area contributed by atoms with Crippen LogP contribution in [0.25, 0.3) is 0 Å². The zero-order valence-corrected chi connectivity index (χ0v) is 15.4. The van der Waals surface area contributed by atoms with E-state index in [9.17, 15) is 9.59 Å². The first-order chi connectivity index (χ1) is 12.4. The van der Waals surface area contributed by atoms with Gasteiger partial charge in [-0.2, -0.15) is 0 Å². The van der Waals surface area contributed by atoms with Crippen LogP contribution in [0.5, 0.6) is 5.75 Å². The number of rotatable bonds is 4. The van der Waals surface area contributed by atoms with E-state index in [0.717, 1.165) is 22.3 Å². The van der Waals surface area contributed by atoms with Crippen LogP contribution in [-0.4, -0.2) is 18.4 Å². The molecule has 26 heavy (non-hydrogen) atoms. The van der Waals surface area contributed by atoms with Gasteiger partial charge in [-0.25, -0.2) is 0 Å². The molecule has 2 aromatic carbocycles. The monoisotopic (exact) mass is 352 g/mol. The zero-order chi connectivity index (χ0) is 18.7. The smallest absolute Gasteiger partial charge is 0.231 e. The Morgan fingerprint density at radius 2 is 1.88 bits per heavy atom. The van der Waals surface area contributed by atoms with Gasteiger partial charge in [0.2, 0.25) is 11.8 Å². The number of nitrogens with one attached hydrogen (secondary N) is 2. The van der Waals surface area contributed by atoms with Crippen LogP contribution >= 0.6 is 0 Å². The minimum Gasteiger partial charge on any atom is -0.491 e. The fourth-order valence-corrected chi connectivity index (χ4v) is 2.99. The molecule has 0 aromatic heterocycles. The summed E-state index contributed by atoms with van der Waals surface area (Å²) in [6.07, 6.45) is 0.101. The Balaban J connectivity index is 1.59. The standard InChI is InChI=1S/C21H24N2O3/c1-13-4-6-15(3)16(8-13)11-22-20(24)10-17-12-26-19-9-14(2)5-7-18(19)23-21(17)25/h4-9,17H,10-12H2,1-3H3,(H,22,24)(H,23,25). The lowest BCUT2D eigenvalue weighted by molar-refractivity contribution is -0.128. The van der Waals surface area contributed by atoms with Crippen molar-refractivity contribution >= 4 is 17.5 Å². The van der Waals surface area contributed by atoms with Gasteiger partial charge in [0.15, 0.2) is 0 Å². The Morgan fingerprint density at radius 1 is 1.15 bits per heavy atom. The van der Waals surface area contributed by atoms with E-state index < -0.39 is 5.92 Å². The topological polar surface area (TPSA) is 67.4 Å². The maximum atomic E-state index is 12.4. The number of anilines is 1. The van der Waals surface area contributed by atoms with Crippen molar-refractivity contribution in [3.63, 3.8) is 0 Å². The zero-order valence-electron chi connectivity index (χ0n) is 15.4. The van der Waals surface area contributed by atoms with E-state index in [1.165, 1.54) is 0 Å². The van der Waals surface area contributed by atoms with E-state index in [1.54, 1.807) is 0 Å². The second kappa shape index (κ2) is 7.60. The van der Waals surface area contributed by atoms with E-state index in [4.69, 9.17) is 4.74 Å². The number of fused-ring (bicyclic) bond motifs is 1. The van der Waals surface area contributed by atoms with Crippen LogP contribution in [0.3, 0.4) is 0 Å². The molecule has 0 bridgehead atoms. The van der Waals surface area contributed by atoms with Crippen LogP contribution in [0, 0.1) is 26.7 Å². The molecule has 136 valence electrons. The summed E-state index contributed by atoms with van der Waals surface area (Å²) in [6, 6.07) is 11.8. The molecule has 0 aliphatic carbocycles. The van der Waals surface area contributed by atoms with Crippen molar-refractivity contribution in [2.45, 2.75) is 33.7 Å². The summed E-state index contributed by atoms with van der Waals surface area (Å²) in [5, 5.41) is 5.76. The summed E-state index contributed by atoms with van der Waals surface area (Å²) in [5.41, 5.74) is 5.09. The Morgan fingerprint density at radius 3 is 2.69 bits per heavy atom. The van der Waals surface area contributed by atoms with E-state index in [2.05, 4.69) is 16.7 Å². The summed E-state index contributed by atoms with van der Waals surface area (Å²) in [4.78, 5) is 24.7. The third-order valence-electron chi connectivity index (χ3n) is 4.62. The van der Waals surface area contributed by atoms with Gasteiger partial charge in [0.1, 0.15) is 12.4 Å². The van der Waals surface area contributed by atoms with Gasteiger partial charge in [0.05, 0.1) is 11.6 Å². The predicted molar refractivity (Wildman–Crippen MR) is 101 cm³/mol. The van der Waals surface area contributed by atoms with E-state index in [0.29, 0.717) is 18.0 Å². The van der Waals surface area contributed by atoms with Gasteiger partial charge in [-0.05, 0) is 49.6 Å². The Bertz CT molecular complexity index is 845. The number of aryl methyl sites for hydroxylation is 3. The molecule has 1 aliphatic heterocycles. The summed E-state index contributed by atoms with van der Waals surface area (Å²) in [5.74, 6) is -0.204. The van der Waals surface area contributed by atoms with Gasteiger partial charge in [0, 0.05) is 13.0 Å². The van der Waals surface area contributed by atoms with Crippen molar-refractivity contribution in [3.8, 4) is 5.75 Å². The van der Waals surface area contributed by atoms with Crippen molar-refractivity contribution in [2.24, 2.45) is 5.92 Å². The number of carbonyl (C=O) groups excluding carboxylic acids is 2. The molecule has 0 radical (unpaired) electrons. The van der Waals surface area contributed by atoms with Crippen molar-refractivity contribution in [1.82, 2.24) is 5.32 Å². The van der Waals surface area contributed by atoms with Gasteiger partial charge in [-0.1, -0.05) is 29.8 Å². The van der Waals surface area contributed by atoms with Crippen molar-refractivity contribution < 1.29 is 14.3 Å². The SMILES string of the molecule is Cc1ccc(C)c(CNC(=O)CC2COc3cc(C)ccc3NC2=O)c1. The number of amides is 2. The molecular formula is C21H24N2O3. The highest BCUT2D eigenvalue weighted by molar-refractivity contribution is 5.97. The molecule has 2 aromatic rings. The Labute approximate surface area is 153 Å². The van der Waals surface area contributed by atoms with Gasteiger partial charge in [-0.3, -0.25) is 9.59 Å². The molecule has 0 saturated heterocycles. The van der Waals surface area contributed by atoms with Crippen molar-refractivity contribution in [2.75, 3.05) is 11.9 Å². The number of hydrogen-bond acceptors (Lipinski definition) is 3. The third-order valence-corrected chi connectivity index (χ3v) is 4.62. The highest BCUT2D eigenvalue weighted by atomic mass is 16.5. The predicted octanol–water partition coefficient (Wildman–Crippen LogP) is 3.27. The van der Waals surface area contributed by atoms with E-state index in [1.807, 2.05) is 51.1 Å². The number of benzene rings is 2. The molecular weight excluding hydrogens is 328 g/mol. The molecule has 2 N–H and O–H groups in total. The lowest BCUT2D eigenvalue weighted by atomic mass is 10.0. The Hall–Kier alpha value is -2.82. The molecule has 0 spiro atoms. The fourth-order valence-electron chi connectivity index (χ4n) is 2.99. The van der Waals surface area contributed by atoms with Gasteiger partial charge >= 0.3 is 0 Å². The quantitative estimate of drug-likeness (QED) is 0.887. The molecule has 5 nitrogen and oxygen atoms in total. The Kier molecular flexibility index (Phi) is 5.26. The largest absolute Gasteiger partial charge is 0.491 e. The maximum Gasteiger partial charge on any atom is 0.231 e. The number of ether oxygens (including phenoxy) is 1. The van der Waals surface area contributed by atoms with Gasteiger partial charge < -0.3 is 15.4 Å². The van der Waals surface area contributed by atoms with Crippen molar-refractivity contribution in [1.29, 1.82) is 0 Å². The molecule has 2 amide bonds. The average Bonchev–Trinajstić information content (AvgIpc) is 2.75. The fraction of sp³-hybridized carbons (Fsp3) is 0.333. The normalized spacial score (nSPS) is 16.1. The molecule has 3 rings (SSSR count). The first kappa shape index (κ1) is 18.0. The van der Waals surface area contributed by atoms with Crippen LogP contribution in [0.15, 0.2) is 36.4 Å². The van der Waals surface area contributed by atoms with E-state index in [-0.39, 0.29) is 24.8 Å². The van der Waals surface area contributed by atoms with Crippen LogP contribution in [0.2, 0.25) is 0 Å². The third kappa shape index (κ3) is 4.23. The molecule has 1 atom stereocenters. The van der Waals surface area contributed by atoms with Crippen molar-refractivity contribution in [3.05, 3.63) is 58.7 Å². The minimum atomic E-state index is -0.513. The van der Waals surface area contributed by atoms with Crippen LogP contribution in [0.4, 0.5) is 5.69 Å². The maximum absolute atomic E-state index is 12.4. The summed E-state index contributed by atoms with van der Waals surface area (Å²) in [6.45, 7) is 6.67. The second-order valence-electron chi connectivity index (χ2n) is 6.91. The molecule has 0 fully saturated rings. The van der Waals surface area contributed by atoms with Gasteiger partial charge in [0.25, 0.3) is 0 Å². The van der Waals surface area contributed by atoms with Gasteiger partial charge in [-0.15, -0.1) is 0 Å². The summed E-state index contributed by atoms with van der Waals surface area (Å²) in [7, 11) is 0. The summed E-state index contributed by atoms with van der Waals surface area (Å²) < 4.78 is 5.75. The molecule has 1 aliphatic rings. The second-order valence-corrected chi connectivity index (χ2v) is 6.91. The highest BCUT2D eigenvalue weighted by Crippen LogP contribution is 2.29. The molecule has 1 heterocycles. The highest BCUT2D eigenvalue weighted by Gasteiger charge is 2.27. The lowest BCUT2D eigenvalue weighted by Gasteiger charge is -2.13. The molecule has 0 saturated carbocycles. The van der Waals surface area contributed by atoms with Crippen LogP contribution in [-0.2, 0) is 16.1 Å². The minimum absolute atomic E-state index is 0.101. The molecule has 1 unspecified atom stereocenters. The summed E-state index contributed by atoms with van der Waals surface area (Å²) >= 11 is 0. The molecule has 5 heteroatoms.